The van der Waals surface area contributed by atoms with Crippen molar-refractivity contribution in [1.29, 1.82) is 0 Å². The summed E-state index contributed by atoms with van der Waals surface area (Å²) < 4.78 is 26.3. The first-order valence-electron chi connectivity index (χ1n) is 8.64. The summed E-state index contributed by atoms with van der Waals surface area (Å²) in [5.41, 5.74) is 0.525. The highest BCUT2D eigenvalue weighted by molar-refractivity contribution is 7.92. The average molecular weight is 401 g/mol. The minimum absolute atomic E-state index is 0.00720. The lowest BCUT2D eigenvalue weighted by Gasteiger charge is -2.33. The fraction of sp³-hybridized carbons (Fsp3) is 0.211. The number of para-hydroxylation sites is 1. The van der Waals surface area contributed by atoms with Crippen LogP contribution in [0.3, 0.4) is 0 Å². The summed E-state index contributed by atoms with van der Waals surface area (Å²) in [7, 11) is -3.61. The number of nitrogens with zero attached hydrogens (tertiary/aromatic N) is 3. The molecule has 1 amide bonds. The van der Waals surface area contributed by atoms with Gasteiger partial charge >= 0.3 is 0 Å². The van der Waals surface area contributed by atoms with E-state index in [1.165, 1.54) is 33.5 Å². The standard InChI is InChI=1S/C19H19N3O5S/c23-19(17-8-4-5-9-18(17)22(24)25)20-11-13-21(14-12-20)28(26,27)15-10-16-6-2-1-3-7-16/h1-10,15H,11-14H2/b15-10+. The molecule has 1 aliphatic heterocycles. The molecule has 0 aromatic heterocycles. The van der Waals surface area contributed by atoms with Gasteiger partial charge in [-0.3, -0.25) is 14.9 Å². The van der Waals surface area contributed by atoms with Gasteiger partial charge in [0.1, 0.15) is 5.56 Å². The fourth-order valence-electron chi connectivity index (χ4n) is 2.94. The van der Waals surface area contributed by atoms with E-state index in [2.05, 4.69) is 0 Å². The van der Waals surface area contributed by atoms with Crippen molar-refractivity contribution in [2.75, 3.05) is 26.2 Å². The van der Waals surface area contributed by atoms with Crippen molar-refractivity contribution in [3.05, 3.63) is 81.2 Å². The molecule has 0 radical (unpaired) electrons. The Kier molecular flexibility index (Phi) is 5.86. The number of piperazine rings is 1. The van der Waals surface area contributed by atoms with Gasteiger partial charge in [-0.1, -0.05) is 42.5 Å². The minimum atomic E-state index is -3.61. The predicted molar refractivity (Wildman–Crippen MR) is 105 cm³/mol. The normalized spacial score (nSPS) is 15.6. The van der Waals surface area contributed by atoms with Crippen LogP contribution in [0.1, 0.15) is 15.9 Å². The SMILES string of the molecule is O=C(c1ccccc1[N+](=O)[O-])N1CCN(S(=O)(=O)/C=C/c2ccccc2)CC1. The van der Waals surface area contributed by atoms with E-state index in [1.807, 2.05) is 18.2 Å². The van der Waals surface area contributed by atoms with Gasteiger partial charge < -0.3 is 4.90 Å². The lowest BCUT2D eigenvalue weighted by Crippen LogP contribution is -2.50. The molecule has 0 spiro atoms. The van der Waals surface area contributed by atoms with Crippen molar-refractivity contribution in [1.82, 2.24) is 9.21 Å². The first kappa shape index (κ1) is 19.7. The number of amides is 1. The number of sulfonamides is 1. The molecule has 2 aromatic rings. The van der Waals surface area contributed by atoms with Gasteiger partial charge in [0.25, 0.3) is 11.6 Å². The quantitative estimate of drug-likeness (QED) is 0.565. The summed E-state index contributed by atoms with van der Waals surface area (Å²) in [6, 6.07) is 14.8. The van der Waals surface area contributed by atoms with E-state index in [1.54, 1.807) is 18.2 Å². The van der Waals surface area contributed by atoms with Gasteiger partial charge in [-0.15, -0.1) is 0 Å². The van der Waals surface area contributed by atoms with E-state index >= 15 is 0 Å². The van der Waals surface area contributed by atoms with Crippen LogP contribution in [0.15, 0.2) is 60.0 Å². The van der Waals surface area contributed by atoms with Gasteiger partial charge in [0.05, 0.1) is 4.92 Å². The number of carbonyl (C=O) groups excluding carboxylic acids is 1. The molecule has 0 atom stereocenters. The molecule has 1 saturated heterocycles. The largest absolute Gasteiger partial charge is 0.336 e. The smallest absolute Gasteiger partial charge is 0.282 e. The number of nitro groups is 1. The maximum absolute atomic E-state index is 12.6. The Hall–Kier alpha value is -3.04. The summed E-state index contributed by atoms with van der Waals surface area (Å²) in [5, 5.41) is 12.3. The molecule has 3 rings (SSSR count). The van der Waals surface area contributed by atoms with Gasteiger partial charge in [-0.2, -0.15) is 4.31 Å². The van der Waals surface area contributed by atoms with Crippen LogP contribution in [-0.4, -0.2) is 54.6 Å². The van der Waals surface area contributed by atoms with Crippen molar-refractivity contribution in [2.24, 2.45) is 0 Å². The molecule has 0 saturated carbocycles. The Morgan fingerprint density at radius 3 is 2.21 bits per heavy atom. The van der Waals surface area contributed by atoms with Crippen LogP contribution in [0.5, 0.6) is 0 Å². The maximum atomic E-state index is 12.6. The Balaban J connectivity index is 1.66. The van der Waals surface area contributed by atoms with E-state index < -0.39 is 20.9 Å². The van der Waals surface area contributed by atoms with Crippen LogP contribution in [0, 0.1) is 10.1 Å². The summed E-state index contributed by atoms with van der Waals surface area (Å²) >= 11 is 0. The van der Waals surface area contributed by atoms with Gasteiger partial charge in [-0.05, 0) is 17.7 Å². The molecule has 0 N–H and O–H groups in total. The van der Waals surface area contributed by atoms with E-state index in [0.717, 1.165) is 11.0 Å². The predicted octanol–water partition coefficient (Wildman–Crippen LogP) is 2.35. The van der Waals surface area contributed by atoms with E-state index in [4.69, 9.17) is 0 Å². The van der Waals surface area contributed by atoms with Gasteiger partial charge in [0.2, 0.25) is 10.0 Å². The molecule has 1 heterocycles. The minimum Gasteiger partial charge on any atom is -0.336 e. The summed E-state index contributed by atoms with van der Waals surface area (Å²) in [6.45, 7) is 0.605. The first-order valence-corrected chi connectivity index (χ1v) is 10.1. The second-order valence-corrected chi connectivity index (χ2v) is 8.04. The molecule has 9 heteroatoms. The molecule has 146 valence electrons. The van der Waals surface area contributed by atoms with Crippen LogP contribution in [0.2, 0.25) is 0 Å². The second kappa shape index (κ2) is 8.32. The third-order valence-electron chi connectivity index (χ3n) is 4.45. The van der Waals surface area contributed by atoms with Crippen molar-refractivity contribution >= 4 is 27.7 Å². The Morgan fingerprint density at radius 2 is 1.57 bits per heavy atom. The molecule has 0 bridgehead atoms. The van der Waals surface area contributed by atoms with E-state index in [0.29, 0.717) is 0 Å². The Labute approximate surface area is 162 Å². The molecule has 0 aliphatic carbocycles. The zero-order chi connectivity index (χ0) is 20.1. The molecule has 28 heavy (non-hydrogen) atoms. The maximum Gasteiger partial charge on any atom is 0.282 e. The zero-order valence-corrected chi connectivity index (χ0v) is 15.8. The van der Waals surface area contributed by atoms with Crippen molar-refractivity contribution in [2.45, 2.75) is 0 Å². The van der Waals surface area contributed by atoms with Crippen LogP contribution >= 0.6 is 0 Å². The van der Waals surface area contributed by atoms with Gasteiger partial charge in [-0.25, -0.2) is 8.42 Å². The van der Waals surface area contributed by atoms with Crippen LogP contribution in [-0.2, 0) is 10.0 Å². The summed E-state index contributed by atoms with van der Waals surface area (Å²) in [6.07, 6.45) is 1.53. The second-order valence-electron chi connectivity index (χ2n) is 6.22. The van der Waals surface area contributed by atoms with Crippen LogP contribution < -0.4 is 0 Å². The van der Waals surface area contributed by atoms with Crippen LogP contribution in [0.25, 0.3) is 6.08 Å². The molecular formula is C19H19N3O5S. The average Bonchev–Trinajstić information content (AvgIpc) is 2.72. The van der Waals surface area contributed by atoms with Gasteiger partial charge in [0.15, 0.2) is 0 Å². The third-order valence-corrected chi connectivity index (χ3v) is 6.01. The van der Waals surface area contributed by atoms with Gasteiger partial charge in [0, 0.05) is 37.7 Å². The Morgan fingerprint density at radius 1 is 0.964 bits per heavy atom. The number of benzene rings is 2. The molecule has 0 unspecified atom stereocenters. The topological polar surface area (TPSA) is 101 Å². The van der Waals surface area contributed by atoms with Crippen molar-refractivity contribution in [3.63, 3.8) is 0 Å². The Bertz CT molecular complexity index is 997. The van der Waals surface area contributed by atoms with Crippen molar-refractivity contribution in [3.8, 4) is 0 Å². The third kappa shape index (κ3) is 4.44. The van der Waals surface area contributed by atoms with Crippen LogP contribution in [0.4, 0.5) is 5.69 Å². The highest BCUT2D eigenvalue weighted by Crippen LogP contribution is 2.21. The molecule has 2 aromatic carbocycles. The number of hydrogen-bond acceptors (Lipinski definition) is 5. The number of rotatable bonds is 5. The van der Waals surface area contributed by atoms with E-state index in [-0.39, 0.29) is 37.4 Å². The number of hydrogen-bond donors (Lipinski definition) is 0. The summed E-state index contributed by atoms with van der Waals surface area (Å²) in [5.74, 6) is -0.468. The lowest BCUT2D eigenvalue weighted by molar-refractivity contribution is -0.385. The highest BCUT2D eigenvalue weighted by atomic mass is 32.2. The number of nitro benzene ring substituents is 1. The first-order chi connectivity index (χ1) is 13.4. The molecule has 8 nitrogen and oxygen atoms in total. The lowest BCUT2D eigenvalue weighted by atomic mass is 10.1. The molecule has 1 fully saturated rings. The molecular weight excluding hydrogens is 382 g/mol. The summed E-state index contributed by atoms with van der Waals surface area (Å²) in [4.78, 5) is 24.6. The highest BCUT2D eigenvalue weighted by Gasteiger charge is 2.30. The zero-order valence-electron chi connectivity index (χ0n) is 15.0. The van der Waals surface area contributed by atoms with E-state index in [9.17, 15) is 23.3 Å². The van der Waals surface area contributed by atoms with Crippen molar-refractivity contribution < 1.29 is 18.1 Å². The monoisotopic (exact) mass is 401 g/mol. The number of carbonyl (C=O) groups is 1. The molecule has 1 aliphatic rings. The fourth-order valence-corrected chi connectivity index (χ4v) is 4.12.